The highest BCUT2D eigenvalue weighted by Crippen LogP contribution is 2.27. The Kier molecular flexibility index (Phi) is 3.00. The molecule has 0 aromatic heterocycles. The number of aliphatic carboxylic acids is 1. The number of benzene rings is 1. The molecular formula is C11H13BrO2. The van der Waals surface area contributed by atoms with Crippen molar-refractivity contribution in [1.82, 2.24) is 0 Å². The molecule has 14 heavy (non-hydrogen) atoms. The summed E-state index contributed by atoms with van der Waals surface area (Å²) >= 11 is 3.39. The van der Waals surface area contributed by atoms with Gasteiger partial charge in [-0.3, -0.25) is 4.79 Å². The van der Waals surface area contributed by atoms with Gasteiger partial charge in [-0.15, -0.1) is 0 Å². The Labute approximate surface area is 92.1 Å². The lowest BCUT2D eigenvalue weighted by atomic mass is 9.84. The maximum Gasteiger partial charge on any atom is 0.313 e. The summed E-state index contributed by atoms with van der Waals surface area (Å²) in [7, 11) is 0. The van der Waals surface area contributed by atoms with Gasteiger partial charge in [-0.05, 0) is 38.0 Å². The minimum Gasteiger partial charge on any atom is -0.481 e. The van der Waals surface area contributed by atoms with Gasteiger partial charge in [0.2, 0.25) is 0 Å². The van der Waals surface area contributed by atoms with Gasteiger partial charge in [0.25, 0.3) is 0 Å². The highest BCUT2D eigenvalue weighted by atomic mass is 79.9. The fraction of sp³-hybridized carbons (Fsp3) is 0.364. The topological polar surface area (TPSA) is 37.3 Å². The van der Waals surface area contributed by atoms with E-state index < -0.39 is 11.4 Å². The van der Waals surface area contributed by atoms with Crippen LogP contribution in [0.2, 0.25) is 0 Å². The van der Waals surface area contributed by atoms with Crippen LogP contribution >= 0.6 is 15.9 Å². The molecule has 0 aliphatic heterocycles. The molecule has 1 aromatic rings. The SMILES string of the molecule is Cc1cc(C(C)(C)C(=O)O)ccc1Br. The average Bonchev–Trinajstić information content (AvgIpc) is 2.09. The summed E-state index contributed by atoms with van der Waals surface area (Å²) in [5.41, 5.74) is 1.05. The zero-order chi connectivity index (χ0) is 10.9. The number of carbonyl (C=O) groups is 1. The molecular weight excluding hydrogens is 244 g/mol. The van der Waals surface area contributed by atoms with Crippen molar-refractivity contribution < 1.29 is 9.90 Å². The van der Waals surface area contributed by atoms with Crippen molar-refractivity contribution in [2.24, 2.45) is 0 Å². The summed E-state index contributed by atoms with van der Waals surface area (Å²) in [6, 6.07) is 5.62. The molecule has 2 nitrogen and oxygen atoms in total. The van der Waals surface area contributed by atoms with Crippen LogP contribution in [0, 0.1) is 6.92 Å². The van der Waals surface area contributed by atoms with Crippen molar-refractivity contribution in [3.63, 3.8) is 0 Å². The van der Waals surface area contributed by atoms with E-state index in [0.717, 1.165) is 15.6 Å². The molecule has 0 heterocycles. The fourth-order valence-electron chi connectivity index (χ4n) is 1.16. The van der Waals surface area contributed by atoms with Crippen molar-refractivity contribution in [3.8, 4) is 0 Å². The zero-order valence-electron chi connectivity index (χ0n) is 8.47. The Morgan fingerprint density at radius 3 is 2.43 bits per heavy atom. The van der Waals surface area contributed by atoms with Crippen molar-refractivity contribution >= 4 is 21.9 Å². The van der Waals surface area contributed by atoms with E-state index in [2.05, 4.69) is 15.9 Å². The van der Waals surface area contributed by atoms with Gasteiger partial charge in [-0.1, -0.05) is 28.1 Å². The highest BCUT2D eigenvalue weighted by molar-refractivity contribution is 9.10. The smallest absolute Gasteiger partial charge is 0.313 e. The van der Waals surface area contributed by atoms with Crippen molar-refractivity contribution in [3.05, 3.63) is 33.8 Å². The normalized spacial score (nSPS) is 11.4. The van der Waals surface area contributed by atoms with E-state index in [1.165, 1.54) is 0 Å². The van der Waals surface area contributed by atoms with Crippen molar-refractivity contribution in [1.29, 1.82) is 0 Å². The van der Waals surface area contributed by atoms with Crippen LogP contribution in [0.15, 0.2) is 22.7 Å². The van der Waals surface area contributed by atoms with Gasteiger partial charge in [0.15, 0.2) is 0 Å². The van der Waals surface area contributed by atoms with Gasteiger partial charge in [0.1, 0.15) is 0 Å². The number of halogens is 1. The van der Waals surface area contributed by atoms with Crippen LogP contribution in [0.1, 0.15) is 25.0 Å². The summed E-state index contributed by atoms with van der Waals surface area (Å²) in [5.74, 6) is -0.806. The lowest BCUT2D eigenvalue weighted by molar-refractivity contribution is -0.142. The molecule has 0 fully saturated rings. The molecule has 0 atom stereocenters. The minimum atomic E-state index is -0.828. The van der Waals surface area contributed by atoms with Crippen LogP contribution in [0.4, 0.5) is 0 Å². The van der Waals surface area contributed by atoms with E-state index in [1.54, 1.807) is 13.8 Å². The van der Waals surface area contributed by atoms with Gasteiger partial charge in [-0.2, -0.15) is 0 Å². The molecule has 0 aliphatic carbocycles. The first kappa shape index (κ1) is 11.2. The van der Waals surface area contributed by atoms with Crippen LogP contribution in [-0.2, 0) is 10.2 Å². The molecule has 0 saturated carbocycles. The van der Waals surface area contributed by atoms with Gasteiger partial charge in [0.05, 0.1) is 5.41 Å². The summed E-state index contributed by atoms with van der Waals surface area (Å²) in [5, 5.41) is 9.04. The highest BCUT2D eigenvalue weighted by Gasteiger charge is 2.29. The van der Waals surface area contributed by atoms with Crippen LogP contribution < -0.4 is 0 Å². The molecule has 76 valence electrons. The quantitative estimate of drug-likeness (QED) is 0.883. The average molecular weight is 257 g/mol. The first-order chi connectivity index (χ1) is 6.35. The van der Waals surface area contributed by atoms with Crippen LogP contribution in [0.5, 0.6) is 0 Å². The zero-order valence-corrected chi connectivity index (χ0v) is 10.1. The maximum absolute atomic E-state index is 11.0. The molecule has 1 rings (SSSR count). The predicted octanol–water partition coefficient (Wildman–Crippen LogP) is 3.12. The van der Waals surface area contributed by atoms with E-state index in [1.807, 2.05) is 25.1 Å². The van der Waals surface area contributed by atoms with E-state index in [-0.39, 0.29) is 0 Å². The monoisotopic (exact) mass is 256 g/mol. The summed E-state index contributed by atoms with van der Waals surface area (Å²) in [6.45, 7) is 5.36. The Morgan fingerprint density at radius 1 is 1.43 bits per heavy atom. The standard InChI is InChI=1S/C11H13BrO2/c1-7-6-8(4-5-9(7)12)11(2,3)10(13)14/h4-6H,1-3H3,(H,13,14). The van der Waals surface area contributed by atoms with E-state index in [4.69, 9.17) is 5.11 Å². The lowest BCUT2D eigenvalue weighted by Crippen LogP contribution is -2.28. The molecule has 1 N–H and O–H groups in total. The minimum absolute atomic E-state index is 0.806. The Morgan fingerprint density at radius 2 is 2.00 bits per heavy atom. The third-order valence-corrected chi connectivity index (χ3v) is 3.30. The van der Waals surface area contributed by atoms with Gasteiger partial charge in [-0.25, -0.2) is 0 Å². The number of hydrogen-bond acceptors (Lipinski definition) is 1. The lowest BCUT2D eigenvalue weighted by Gasteiger charge is -2.20. The molecule has 0 bridgehead atoms. The number of hydrogen-bond donors (Lipinski definition) is 1. The molecule has 0 spiro atoms. The molecule has 1 aromatic carbocycles. The third kappa shape index (κ3) is 1.98. The predicted molar refractivity (Wildman–Crippen MR) is 59.5 cm³/mol. The second-order valence-corrected chi connectivity index (χ2v) is 4.75. The number of aryl methyl sites for hydroxylation is 1. The van der Waals surface area contributed by atoms with E-state index in [9.17, 15) is 4.79 Å². The van der Waals surface area contributed by atoms with Crippen LogP contribution in [0.25, 0.3) is 0 Å². The van der Waals surface area contributed by atoms with Crippen LogP contribution in [0.3, 0.4) is 0 Å². The Hall–Kier alpha value is -0.830. The van der Waals surface area contributed by atoms with Crippen molar-refractivity contribution in [2.75, 3.05) is 0 Å². The first-order valence-corrected chi connectivity index (χ1v) is 5.15. The van der Waals surface area contributed by atoms with Crippen molar-refractivity contribution in [2.45, 2.75) is 26.2 Å². The number of rotatable bonds is 2. The molecule has 0 aliphatic rings. The molecule has 0 unspecified atom stereocenters. The molecule has 0 amide bonds. The summed E-state index contributed by atoms with van der Waals surface area (Å²) in [6.07, 6.45) is 0. The Bertz CT molecular complexity index is 370. The van der Waals surface area contributed by atoms with Gasteiger partial charge < -0.3 is 5.11 Å². The van der Waals surface area contributed by atoms with E-state index in [0.29, 0.717) is 0 Å². The second kappa shape index (κ2) is 3.73. The van der Waals surface area contributed by atoms with Crippen LogP contribution in [-0.4, -0.2) is 11.1 Å². The number of carboxylic acid groups (broad SMARTS) is 1. The third-order valence-electron chi connectivity index (χ3n) is 2.41. The fourth-order valence-corrected chi connectivity index (χ4v) is 1.40. The number of carboxylic acids is 1. The first-order valence-electron chi connectivity index (χ1n) is 4.35. The molecule has 0 saturated heterocycles. The second-order valence-electron chi connectivity index (χ2n) is 3.89. The largest absolute Gasteiger partial charge is 0.481 e. The molecule has 3 heteroatoms. The van der Waals surface area contributed by atoms with Gasteiger partial charge >= 0.3 is 5.97 Å². The van der Waals surface area contributed by atoms with Gasteiger partial charge in [0, 0.05) is 4.47 Å². The summed E-state index contributed by atoms with van der Waals surface area (Å²) in [4.78, 5) is 11.0. The molecule has 0 radical (unpaired) electrons. The summed E-state index contributed by atoms with van der Waals surface area (Å²) < 4.78 is 1.00. The van der Waals surface area contributed by atoms with E-state index >= 15 is 0 Å². The Balaban J connectivity index is 3.21. The maximum atomic E-state index is 11.0.